The number of H-pyrrole nitrogens is 1. The maximum absolute atomic E-state index is 12.3. The number of sulfonamides is 1. The molecule has 0 saturated carbocycles. The van der Waals surface area contributed by atoms with E-state index in [2.05, 4.69) is 20.2 Å². The molecule has 9 heteroatoms. The molecule has 24 heavy (non-hydrogen) atoms. The molecule has 2 aromatic heterocycles. The summed E-state index contributed by atoms with van der Waals surface area (Å²) in [5.41, 5.74) is 1.50. The van der Waals surface area contributed by atoms with Crippen LogP contribution in [0.15, 0.2) is 48.8 Å². The van der Waals surface area contributed by atoms with Gasteiger partial charge in [0, 0.05) is 18.0 Å². The second-order valence-electron chi connectivity index (χ2n) is 4.96. The number of rotatable bonds is 4. The molecule has 0 bridgehead atoms. The fraction of sp³-hybridized carbons (Fsp3) is 0.0667. The van der Waals surface area contributed by atoms with Gasteiger partial charge in [-0.15, -0.1) is 0 Å². The van der Waals surface area contributed by atoms with Gasteiger partial charge in [0.1, 0.15) is 11.4 Å². The van der Waals surface area contributed by atoms with E-state index in [1.165, 1.54) is 0 Å². The van der Waals surface area contributed by atoms with Gasteiger partial charge in [-0.05, 0) is 11.6 Å². The Morgan fingerprint density at radius 3 is 2.38 bits per heavy atom. The SMILES string of the molecule is CS(=O)(=O)NC(=O)c1[nH]nc(-c2ncccn2)c1-c1ccccc1. The molecule has 0 saturated heterocycles. The minimum Gasteiger partial charge on any atom is -0.272 e. The van der Waals surface area contributed by atoms with Crippen molar-refractivity contribution in [3.8, 4) is 22.6 Å². The molecule has 0 aliphatic rings. The molecule has 3 rings (SSSR count). The summed E-state index contributed by atoms with van der Waals surface area (Å²) in [6.45, 7) is 0. The number of nitrogens with one attached hydrogen (secondary N) is 2. The van der Waals surface area contributed by atoms with Gasteiger partial charge in [0.25, 0.3) is 5.91 Å². The van der Waals surface area contributed by atoms with Crippen molar-refractivity contribution in [2.75, 3.05) is 6.26 Å². The first-order valence-corrected chi connectivity index (χ1v) is 8.78. The number of carbonyl (C=O) groups excluding carboxylic acids is 1. The Balaban J connectivity index is 2.18. The number of aromatic nitrogens is 4. The third-order valence-electron chi connectivity index (χ3n) is 3.11. The Labute approximate surface area is 138 Å². The van der Waals surface area contributed by atoms with Crippen LogP contribution >= 0.6 is 0 Å². The van der Waals surface area contributed by atoms with Crippen LogP contribution in [0.5, 0.6) is 0 Å². The van der Waals surface area contributed by atoms with E-state index in [-0.39, 0.29) is 5.69 Å². The predicted octanol–water partition coefficient (Wildman–Crippen LogP) is 1.22. The van der Waals surface area contributed by atoms with E-state index in [1.54, 1.807) is 42.7 Å². The highest BCUT2D eigenvalue weighted by Crippen LogP contribution is 2.31. The largest absolute Gasteiger partial charge is 0.283 e. The lowest BCUT2D eigenvalue weighted by Gasteiger charge is -2.06. The molecule has 0 fully saturated rings. The molecule has 0 spiro atoms. The van der Waals surface area contributed by atoms with Gasteiger partial charge in [0.2, 0.25) is 10.0 Å². The molecule has 0 aliphatic heterocycles. The Hall–Kier alpha value is -3.07. The number of amides is 1. The van der Waals surface area contributed by atoms with Crippen molar-refractivity contribution in [2.24, 2.45) is 0 Å². The molecule has 3 aromatic rings. The molecule has 0 radical (unpaired) electrons. The lowest BCUT2D eigenvalue weighted by Crippen LogP contribution is -2.30. The van der Waals surface area contributed by atoms with Gasteiger partial charge in [-0.2, -0.15) is 5.10 Å². The maximum Gasteiger partial charge on any atom is 0.283 e. The Kier molecular flexibility index (Phi) is 4.09. The summed E-state index contributed by atoms with van der Waals surface area (Å²) in [6, 6.07) is 10.7. The Bertz CT molecular complexity index is 969. The van der Waals surface area contributed by atoms with Gasteiger partial charge in [-0.25, -0.2) is 23.1 Å². The van der Waals surface area contributed by atoms with E-state index in [0.717, 1.165) is 6.26 Å². The summed E-state index contributed by atoms with van der Waals surface area (Å²) < 4.78 is 24.6. The summed E-state index contributed by atoms with van der Waals surface area (Å²) in [6.07, 6.45) is 4.02. The zero-order chi connectivity index (χ0) is 17.2. The third-order valence-corrected chi connectivity index (χ3v) is 3.67. The van der Waals surface area contributed by atoms with E-state index in [4.69, 9.17) is 0 Å². The van der Waals surface area contributed by atoms with Gasteiger partial charge in [-0.3, -0.25) is 9.89 Å². The zero-order valence-electron chi connectivity index (χ0n) is 12.6. The van der Waals surface area contributed by atoms with Crippen LogP contribution in [-0.2, 0) is 10.0 Å². The van der Waals surface area contributed by atoms with Gasteiger partial charge in [-0.1, -0.05) is 30.3 Å². The number of hydrogen-bond donors (Lipinski definition) is 2. The molecule has 0 unspecified atom stereocenters. The molecule has 0 aliphatic carbocycles. The highest BCUT2D eigenvalue weighted by molar-refractivity contribution is 7.89. The maximum atomic E-state index is 12.3. The fourth-order valence-corrected chi connectivity index (χ4v) is 2.63. The van der Waals surface area contributed by atoms with Gasteiger partial charge in [0.05, 0.1) is 6.26 Å². The van der Waals surface area contributed by atoms with Crippen molar-refractivity contribution >= 4 is 15.9 Å². The average molecular weight is 343 g/mol. The van der Waals surface area contributed by atoms with Crippen LogP contribution in [0.25, 0.3) is 22.6 Å². The van der Waals surface area contributed by atoms with Crippen molar-refractivity contribution < 1.29 is 13.2 Å². The molecule has 2 heterocycles. The van der Waals surface area contributed by atoms with Crippen LogP contribution in [0.3, 0.4) is 0 Å². The van der Waals surface area contributed by atoms with Gasteiger partial charge in [0.15, 0.2) is 5.82 Å². The van der Waals surface area contributed by atoms with E-state index >= 15 is 0 Å². The minimum atomic E-state index is -3.70. The second-order valence-corrected chi connectivity index (χ2v) is 6.71. The first kappa shape index (κ1) is 15.8. The number of benzene rings is 1. The summed E-state index contributed by atoms with van der Waals surface area (Å²) in [4.78, 5) is 20.6. The molecule has 0 atom stereocenters. The van der Waals surface area contributed by atoms with Gasteiger partial charge < -0.3 is 0 Å². The van der Waals surface area contributed by atoms with Crippen molar-refractivity contribution in [1.29, 1.82) is 0 Å². The molecule has 8 nitrogen and oxygen atoms in total. The fourth-order valence-electron chi connectivity index (χ4n) is 2.19. The zero-order valence-corrected chi connectivity index (χ0v) is 13.4. The quantitative estimate of drug-likeness (QED) is 0.735. The van der Waals surface area contributed by atoms with Crippen LogP contribution in [0.1, 0.15) is 10.5 Å². The topological polar surface area (TPSA) is 118 Å². The summed E-state index contributed by atoms with van der Waals surface area (Å²) in [5.74, 6) is -0.475. The Morgan fingerprint density at radius 1 is 1.08 bits per heavy atom. The van der Waals surface area contributed by atoms with Crippen LogP contribution in [0, 0.1) is 0 Å². The lowest BCUT2D eigenvalue weighted by molar-refractivity contribution is 0.0977. The molecule has 1 aromatic carbocycles. The third kappa shape index (κ3) is 3.30. The molecular weight excluding hydrogens is 330 g/mol. The number of carbonyl (C=O) groups is 1. The molecule has 1 amide bonds. The van der Waals surface area contributed by atoms with Crippen LogP contribution < -0.4 is 4.72 Å². The van der Waals surface area contributed by atoms with Crippen molar-refractivity contribution in [1.82, 2.24) is 24.9 Å². The second kappa shape index (κ2) is 6.20. The first-order valence-electron chi connectivity index (χ1n) is 6.89. The van der Waals surface area contributed by atoms with Crippen LogP contribution in [0.2, 0.25) is 0 Å². The number of nitrogens with zero attached hydrogens (tertiary/aromatic N) is 3. The lowest BCUT2D eigenvalue weighted by atomic mass is 10.0. The highest BCUT2D eigenvalue weighted by atomic mass is 32.2. The van der Waals surface area contributed by atoms with E-state index in [0.29, 0.717) is 22.6 Å². The number of aromatic amines is 1. The minimum absolute atomic E-state index is 0.0223. The average Bonchev–Trinajstić information content (AvgIpc) is 3.00. The van der Waals surface area contributed by atoms with Crippen molar-refractivity contribution in [3.05, 3.63) is 54.5 Å². The predicted molar refractivity (Wildman–Crippen MR) is 87.4 cm³/mol. The van der Waals surface area contributed by atoms with Crippen LogP contribution in [0.4, 0.5) is 0 Å². The number of hydrogen-bond acceptors (Lipinski definition) is 6. The Morgan fingerprint density at radius 2 is 1.75 bits per heavy atom. The standard InChI is InChI=1S/C15H13N5O3S/c1-24(22,23)20-15(21)13-11(10-6-3-2-4-7-10)12(18-19-13)14-16-8-5-9-17-14/h2-9H,1H3,(H,18,19)(H,20,21). The first-order chi connectivity index (χ1) is 11.5. The molecular formula is C15H13N5O3S. The molecule has 122 valence electrons. The monoisotopic (exact) mass is 343 g/mol. The van der Waals surface area contributed by atoms with Gasteiger partial charge >= 0.3 is 0 Å². The smallest absolute Gasteiger partial charge is 0.272 e. The highest BCUT2D eigenvalue weighted by Gasteiger charge is 2.24. The summed E-state index contributed by atoms with van der Waals surface area (Å²) in [7, 11) is -3.70. The summed E-state index contributed by atoms with van der Waals surface area (Å²) in [5, 5.41) is 6.70. The normalized spacial score (nSPS) is 11.2. The van der Waals surface area contributed by atoms with Crippen LogP contribution in [-0.4, -0.2) is 40.7 Å². The van der Waals surface area contributed by atoms with E-state index < -0.39 is 15.9 Å². The molecule has 2 N–H and O–H groups in total. The van der Waals surface area contributed by atoms with E-state index in [1.807, 2.05) is 10.8 Å². The van der Waals surface area contributed by atoms with Crippen molar-refractivity contribution in [2.45, 2.75) is 0 Å². The summed E-state index contributed by atoms with van der Waals surface area (Å²) >= 11 is 0. The van der Waals surface area contributed by atoms with E-state index in [9.17, 15) is 13.2 Å². The van der Waals surface area contributed by atoms with Crippen molar-refractivity contribution in [3.63, 3.8) is 0 Å².